The van der Waals surface area contributed by atoms with Crippen LogP contribution in [0.15, 0.2) is 41.2 Å². The van der Waals surface area contributed by atoms with E-state index in [-0.39, 0.29) is 22.9 Å². The second kappa shape index (κ2) is 15.1. The maximum absolute atomic E-state index is 14.5. The van der Waals surface area contributed by atoms with E-state index in [1.165, 1.54) is 17.7 Å². The molecule has 8 nitrogen and oxygen atoms in total. The predicted octanol–water partition coefficient (Wildman–Crippen LogP) is 6.39. The molecule has 0 radical (unpaired) electrons. The molecule has 0 bridgehead atoms. The van der Waals surface area contributed by atoms with Gasteiger partial charge in [0.2, 0.25) is 5.91 Å². The summed E-state index contributed by atoms with van der Waals surface area (Å²) in [6.45, 7) is -1.65. The third kappa shape index (κ3) is 8.73. The minimum Gasteiger partial charge on any atom is -0.481 e. The number of benzene rings is 2. The number of alkyl halides is 9. The van der Waals surface area contributed by atoms with Crippen LogP contribution in [0.2, 0.25) is 0 Å². The fourth-order valence-electron chi connectivity index (χ4n) is 7.22. The molecule has 3 N–H and O–H groups in total. The second-order valence-electron chi connectivity index (χ2n) is 13.5. The normalized spacial score (nSPS) is 17.9. The van der Waals surface area contributed by atoms with Crippen molar-refractivity contribution >= 4 is 22.8 Å². The first-order valence-electron chi connectivity index (χ1n) is 16.3. The Labute approximate surface area is 293 Å². The maximum Gasteiger partial charge on any atom is 0.417 e. The fraction of sp³-hybridized carbons (Fsp3) is 0.514. The lowest BCUT2D eigenvalue weighted by atomic mass is 9.77. The molecular weight excluding hydrogens is 711 g/mol. The number of carboxylic acid groups (broad SMARTS) is 1. The van der Waals surface area contributed by atoms with Crippen LogP contribution in [0.25, 0.3) is 10.9 Å². The molecule has 17 heteroatoms. The van der Waals surface area contributed by atoms with Crippen molar-refractivity contribution in [2.75, 3.05) is 33.7 Å². The Kier molecular flexibility index (Phi) is 11.8. The molecule has 2 aromatic carbocycles. The van der Waals surface area contributed by atoms with Crippen molar-refractivity contribution in [1.82, 2.24) is 14.4 Å². The van der Waals surface area contributed by atoms with E-state index in [2.05, 4.69) is 0 Å². The number of piperidine rings is 1. The molecule has 1 unspecified atom stereocenters. The van der Waals surface area contributed by atoms with Gasteiger partial charge in [0, 0.05) is 36.9 Å². The van der Waals surface area contributed by atoms with Crippen LogP contribution in [0, 0.1) is 5.41 Å². The molecule has 1 atom stereocenters. The average Bonchev–Trinajstić information content (AvgIpc) is 3.44. The minimum absolute atomic E-state index is 0.0163. The summed E-state index contributed by atoms with van der Waals surface area (Å²) < 4.78 is 119. The van der Waals surface area contributed by atoms with Gasteiger partial charge in [-0.3, -0.25) is 19.3 Å². The number of rotatable bonds is 8. The molecule has 0 saturated carbocycles. The van der Waals surface area contributed by atoms with Crippen LogP contribution in [0.5, 0.6) is 0 Å². The maximum atomic E-state index is 14.5. The van der Waals surface area contributed by atoms with E-state index in [0.29, 0.717) is 31.4 Å². The molecule has 1 aliphatic heterocycles. The standard InChI is InChI=1S/C26H27F3N2O3.C9H12F6N2O/c1-30(2)14-15-7-9-20-21(13-15)31(3)25(34)23(24(20)26(27,28)29)19-11-10-17-16(8-12-22(32)33)5-4-6-18(17)19;10-8(11,12)5-17-3-1-7(2-4-17,6(16)18)9(13,14)15/h4-7,9,13,19H,8,10-12,14H2,1-3H3,(H,32,33);1-5H2,(H2,16,18). The quantitative estimate of drug-likeness (QED) is 0.259. The van der Waals surface area contributed by atoms with Gasteiger partial charge in [0.25, 0.3) is 5.56 Å². The SMILES string of the molecule is CN(C)Cc1ccc2c(C(F)(F)F)c(C3CCc4c(CCC(=O)O)cccc43)c(=O)n(C)c2c1.NC(=O)C1(C(F)(F)F)CCN(CC(F)(F)F)CC1. The summed E-state index contributed by atoms with van der Waals surface area (Å²) in [5, 5.41) is 9.06. The molecule has 1 fully saturated rings. The molecule has 2 heterocycles. The third-order valence-electron chi connectivity index (χ3n) is 9.73. The number of hydrogen-bond acceptors (Lipinski definition) is 5. The first kappa shape index (κ1) is 40.6. The van der Waals surface area contributed by atoms with Gasteiger partial charge in [-0.2, -0.15) is 39.5 Å². The number of carboxylic acids is 1. The van der Waals surface area contributed by atoms with Crippen LogP contribution in [0.3, 0.4) is 0 Å². The predicted molar refractivity (Wildman–Crippen MR) is 174 cm³/mol. The zero-order valence-corrected chi connectivity index (χ0v) is 28.6. The molecule has 0 spiro atoms. The Morgan fingerprint density at radius 2 is 1.63 bits per heavy atom. The van der Waals surface area contributed by atoms with Crippen molar-refractivity contribution < 1.29 is 54.2 Å². The van der Waals surface area contributed by atoms with Crippen molar-refractivity contribution in [2.45, 2.75) is 69.5 Å². The van der Waals surface area contributed by atoms with Crippen LogP contribution in [0.1, 0.15) is 65.0 Å². The van der Waals surface area contributed by atoms with Crippen LogP contribution in [-0.2, 0) is 42.2 Å². The van der Waals surface area contributed by atoms with Gasteiger partial charge in [0.05, 0.1) is 17.6 Å². The summed E-state index contributed by atoms with van der Waals surface area (Å²) in [4.78, 5) is 38.2. The highest BCUT2D eigenvalue weighted by Crippen LogP contribution is 2.47. The Hall–Kier alpha value is -4.12. The number of amides is 1. The number of nitrogens with two attached hydrogens (primary N) is 1. The van der Waals surface area contributed by atoms with Gasteiger partial charge in [-0.05, 0) is 87.6 Å². The number of hydrogen-bond donors (Lipinski definition) is 2. The van der Waals surface area contributed by atoms with Gasteiger partial charge >= 0.3 is 24.5 Å². The lowest BCUT2D eigenvalue weighted by molar-refractivity contribution is -0.234. The van der Waals surface area contributed by atoms with Gasteiger partial charge in [-0.25, -0.2) is 0 Å². The zero-order valence-electron chi connectivity index (χ0n) is 28.6. The van der Waals surface area contributed by atoms with Crippen molar-refractivity contribution in [2.24, 2.45) is 18.2 Å². The number of aromatic nitrogens is 1. The van der Waals surface area contributed by atoms with E-state index in [1.54, 1.807) is 24.3 Å². The molecule has 3 aromatic rings. The molecule has 1 aliphatic carbocycles. The largest absolute Gasteiger partial charge is 0.481 e. The Balaban J connectivity index is 0.000000284. The van der Waals surface area contributed by atoms with Gasteiger partial charge in [-0.15, -0.1) is 0 Å². The number of carbonyl (C=O) groups is 2. The summed E-state index contributed by atoms with van der Waals surface area (Å²) in [7, 11) is 5.26. The van der Waals surface area contributed by atoms with E-state index in [4.69, 9.17) is 10.8 Å². The fourth-order valence-corrected chi connectivity index (χ4v) is 7.22. The monoisotopic (exact) mass is 750 g/mol. The summed E-state index contributed by atoms with van der Waals surface area (Å²) in [5.41, 5.74) is 3.79. The number of nitrogens with zero attached hydrogens (tertiary/aromatic N) is 3. The number of fused-ring (bicyclic) bond motifs is 2. The van der Waals surface area contributed by atoms with Gasteiger partial charge in [0.1, 0.15) is 5.41 Å². The minimum atomic E-state index is -4.83. The lowest BCUT2D eigenvalue weighted by Gasteiger charge is -2.40. The molecule has 2 aliphatic rings. The number of aryl methyl sites for hydroxylation is 2. The van der Waals surface area contributed by atoms with Crippen LogP contribution in [-0.4, -0.2) is 77.4 Å². The first-order valence-corrected chi connectivity index (χ1v) is 16.3. The molecule has 52 heavy (non-hydrogen) atoms. The lowest BCUT2D eigenvalue weighted by Crippen LogP contribution is -2.56. The van der Waals surface area contributed by atoms with E-state index in [9.17, 15) is 53.9 Å². The molecule has 1 amide bonds. The van der Waals surface area contributed by atoms with E-state index in [0.717, 1.165) is 21.6 Å². The van der Waals surface area contributed by atoms with Crippen molar-refractivity contribution in [3.05, 3.63) is 80.1 Å². The van der Waals surface area contributed by atoms with Gasteiger partial charge in [-0.1, -0.05) is 30.3 Å². The van der Waals surface area contributed by atoms with E-state index < -0.39 is 85.3 Å². The number of likely N-dealkylation sites (tertiary alicyclic amines) is 1. The highest BCUT2D eigenvalue weighted by atomic mass is 19.4. The van der Waals surface area contributed by atoms with Crippen LogP contribution < -0.4 is 11.3 Å². The van der Waals surface area contributed by atoms with E-state index >= 15 is 0 Å². The number of pyridine rings is 1. The number of primary amides is 1. The summed E-state index contributed by atoms with van der Waals surface area (Å²) in [5.74, 6) is -3.15. The molecule has 286 valence electrons. The smallest absolute Gasteiger partial charge is 0.417 e. The van der Waals surface area contributed by atoms with Crippen molar-refractivity contribution in [3.63, 3.8) is 0 Å². The Morgan fingerprint density at radius 1 is 1.00 bits per heavy atom. The van der Waals surface area contributed by atoms with Crippen molar-refractivity contribution in [1.29, 1.82) is 0 Å². The summed E-state index contributed by atoms with van der Waals surface area (Å²) in [6.07, 6.45) is -14.3. The zero-order chi connectivity index (χ0) is 39.0. The summed E-state index contributed by atoms with van der Waals surface area (Å²) in [6, 6.07) is 10.1. The van der Waals surface area contributed by atoms with Crippen molar-refractivity contribution in [3.8, 4) is 0 Å². The molecule has 1 saturated heterocycles. The molecular formula is C35H39F9N4O4. The highest BCUT2D eigenvalue weighted by Gasteiger charge is 2.60. The summed E-state index contributed by atoms with van der Waals surface area (Å²) >= 11 is 0. The Morgan fingerprint density at radius 3 is 2.15 bits per heavy atom. The second-order valence-corrected chi connectivity index (χ2v) is 13.5. The number of aliphatic carboxylic acids is 1. The third-order valence-corrected chi connectivity index (χ3v) is 9.73. The number of halogens is 9. The number of carbonyl (C=O) groups excluding carboxylic acids is 1. The van der Waals surface area contributed by atoms with Crippen LogP contribution in [0.4, 0.5) is 39.5 Å². The first-order chi connectivity index (χ1) is 24.0. The molecule has 5 rings (SSSR count). The van der Waals surface area contributed by atoms with Gasteiger partial charge in [0.15, 0.2) is 0 Å². The van der Waals surface area contributed by atoms with E-state index in [1.807, 2.05) is 25.1 Å². The van der Waals surface area contributed by atoms with Gasteiger partial charge < -0.3 is 20.3 Å². The average molecular weight is 751 g/mol. The highest BCUT2D eigenvalue weighted by molar-refractivity contribution is 5.85. The Bertz CT molecular complexity index is 1860. The topological polar surface area (TPSA) is 109 Å². The molecule has 1 aromatic heterocycles. The van der Waals surface area contributed by atoms with Crippen LogP contribution >= 0.6 is 0 Å².